The zero-order chi connectivity index (χ0) is 11.5. The van der Waals surface area contributed by atoms with Crippen LogP contribution in [0.4, 0.5) is 0 Å². The number of carbonyl (C=O) groups excluding carboxylic acids is 2. The molecule has 2 aliphatic rings. The minimum Gasteiger partial charge on any atom is -0.391 e. The third-order valence-electron chi connectivity index (χ3n) is 2.91. The van der Waals surface area contributed by atoms with Crippen LogP contribution in [-0.2, 0) is 9.59 Å². The van der Waals surface area contributed by atoms with Crippen molar-refractivity contribution in [2.75, 3.05) is 0 Å². The second-order valence-corrected chi connectivity index (χ2v) is 4.16. The second-order valence-electron chi connectivity index (χ2n) is 4.16. The maximum atomic E-state index is 10.9. The molecule has 2 atom stereocenters. The maximum Gasteiger partial charge on any atom is 0.316 e. The Morgan fingerprint density at radius 1 is 1.06 bits per heavy atom. The van der Waals surface area contributed by atoms with Crippen LogP contribution in [0.3, 0.4) is 0 Å². The predicted molar refractivity (Wildman–Crippen MR) is 56.6 cm³/mol. The molecule has 1 aliphatic heterocycles. The highest BCUT2D eigenvalue weighted by Gasteiger charge is 2.28. The molecule has 2 amide bonds. The Labute approximate surface area is 93.1 Å². The Morgan fingerprint density at radius 3 is 2.38 bits per heavy atom. The number of nitrogens with zero attached hydrogens (tertiary/aromatic N) is 1. The van der Waals surface area contributed by atoms with Crippen molar-refractivity contribution >= 4 is 17.8 Å². The van der Waals surface area contributed by atoms with Crippen molar-refractivity contribution in [2.24, 2.45) is 4.99 Å². The van der Waals surface area contributed by atoms with Crippen LogP contribution in [0.5, 0.6) is 0 Å². The topological polar surface area (TPSA) is 90.8 Å². The van der Waals surface area contributed by atoms with Gasteiger partial charge in [-0.1, -0.05) is 19.3 Å². The average Bonchev–Trinajstić information content (AvgIpc) is 2.44. The van der Waals surface area contributed by atoms with E-state index in [0.717, 1.165) is 32.1 Å². The predicted octanol–water partition coefficient (Wildman–Crippen LogP) is -0.718. The molecule has 1 heterocycles. The summed E-state index contributed by atoms with van der Waals surface area (Å²) in [5.41, 5.74) is 0. The van der Waals surface area contributed by atoms with E-state index in [1.807, 2.05) is 0 Å². The molecule has 1 saturated heterocycles. The number of hydrogen-bond acceptors (Lipinski definition) is 4. The molecule has 3 N–H and O–H groups in total. The van der Waals surface area contributed by atoms with Crippen LogP contribution in [0.1, 0.15) is 32.1 Å². The first kappa shape index (κ1) is 11.1. The standard InChI is InChI=1S/C10H15N3O3/c14-7-5-3-1-2-4-6(7)11-10-12-8(15)9(16)13-10/h6-7,14H,1-5H2,(H2,11,12,13,15,16). The van der Waals surface area contributed by atoms with Gasteiger partial charge in [-0.3, -0.25) is 20.2 Å². The molecule has 6 nitrogen and oxygen atoms in total. The summed E-state index contributed by atoms with van der Waals surface area (Å²) in [5, 5.41) is 14.5. The molecule has 0 bridgehead atoms. The molecule has 0 radical (unpaired) electrons. The van der Waals surface area contributed by atoms with E-state index in [4.69, 9.17) is 0 Å². The van der Waals surface area contributed by atoms with Crippen LogP contribution in [-0.4, -0.2) is 35.0 Å². The molecule has 6 heteroatoms. The van der Waals surface area contributed by atoms with Crippen LogP contribution in [0.25, 0.3) is 0 Å². The Morgan fingerprint density at radius 2 is 1.69 bits per heavy atom. The largest absolute Gasteiger partial charge is 0.391 e. The van der Waals surface area contributed by atoms with Gasteiger partial charge in [0.05, 0.1) is 12.1 Å². The summed E-state index contributed by atoms with van der Waals surface area (Å²) in [4.78, 5) is 26.0. The van der Waals surface area contributed by atoms with E-state index < -0.39 is 17.9 Å². The first-order chi connectivity index (χ1) is 7.66. The summed E-state index contributed by atoms with van der Waals surface area (Å²) in [6, 6.07) is -0.226. The quantitative estimate of drug-likeness (QED) is 0.406. The fourth-order valence-corrected chi connectivity index (χ4v) is 2.01. The molecular weight excluding hydrogens is 210 g/mol. The molecule has 0 aromatic heterocycles. The number of carbonyl (C=O) groups is 2. The number of aliphatic hydroxyl groups is 1. The van der Waals surface area contributed by atoms with Gasteiger partial charge < -0.3 is 5.11 Å². The van der Waals surface area contributed by atoms with Gasteiger partial charge in [0, 0.05) is 0 Å². The van der Waals surface area contributed by atoms with Gasteiger partial charge in [-0.15, -0.1) is 0 Å². The van der Waals surface area contributed by atoms with E-state index in [0.29, 0.717) is 0 Å². The molecule has 0 aromatic rings. The Hall–Kier alpha value is -1.43. The lowest BCUT2D eigenvalue weighted by atomic mass is 10.1. The van der Waals surface area contributed by atoms with Gasteiger partial charge in [-0.05, 0) is 12.8 Å². The van der Waals surface area contributed by atoms with Gasteiger partial charge in [-0.25, -0.2) is 4.99 Å². The second kappa shape index (κ2) is 4.61. The van der Waals surface area contributed by atoms with E-state index in [1.165, 1.54) is 0 Å². The highest BCUT2D eigenvalue weighted by molar-refractivity contribution is 6.45. The smallest absolute Gasteiger partial charge is 0.316 e. The summed E-state index contributed by atoms with van der Waals surface area (Å²) in [6.45, 7) is 0. The van der Waals surface area contributed by atoms with Gasteiger partial charge >= 0.3 is 11.8 Å². The Kier molecular flexibility index (Phi) is 3.19. The molecule has 16 heavy (non-hydrogen) atoms. The van der Waals surface area contributed by atoms with E-state index in [9.17, 15) is 14.7 Å². The summed E-state index contributed by atoms with van der Waals surface area (Å²) in [5.74, 6) is -1.22. The van der Waals surface area contributed by atoms with Crippen molar-refractivity contribution in [3.63, 3.8) is 0 Å². The normalized spacial score (nSPS) is 30.7. The number of guanidine groups is 1. The molecule has 2 rings (SSSR count). The number of hydrogen-bond donors (Lipinski definition) is 3. The lowest BCUT2D eigenvalue weighted by Crippen LogP contribution is -2.31. The number of aliphatic imine (C=N–C) groups is 1. The Bertz CT molecular complexity index is 322. The summed E-state index contributed by atoms with van der Waals surface area (Å²) >= 11 is 0. The fourth-order valence-electron chi connectivity index (χ4n) is 2.01. The lowest BCUT2D eigenvalue weighted by Gasteiger charge is -2.16. The first-order valence-corrected chi connectivity index (χ1v) is 5.55. The molecule has 2 fully saturated rings. The molecule has 88 valence electrons. The number of amides is 2. The van der Waals surface area contributed by atoms with E-state index in [1.54, 1.807) is 0 Å². The molecule has 2 unspecified atom stereocenters. The molecule has 1 aliphatic carbocycles. The van der Waals surface area contributed by atoms with Crippen molar-refractivity contribution in [3.05, 3.63) is 0 Å². The van der Waals surface area contributed by atoms with Gasteiger partial charge in [0.25, 0.3) is 0 Å². The van der Waals surface area contributed by atoms with Crippen molar-refractivity contribution in [1.29, 1.82) is 0 Å². The maximum absolute atomic E-state index is 10.9. The van der Waals surface area contributed by atoms with Gasteiger partial charge in [0.2, 0.25) is 5.96 Å². The highest BCUT2D eigenvalue weighted by Crippen LogP contribution is 2.20. The van der Waals surface area contributed by atoms with Crippen LogP contribution in [0.15, 0.2) is 4.99 Å². The third-order valence-corrected chi connectivity index (χ3v) is 2.91. The minimum atomic E-state index is -0.693. The molecule has 0 aromatic carbocycles. The van der Waals surface area contributed by atoms with Gasteiger partial charge in [0.15, 0.2) is 0 Å². The first-order valence-electron chi connectivity index (χ1n) is 5.55. The zero-order valence-corrected chi connectivity index (χ0v) is 8.90. The van der Waals surface area contributed by atoms with Crippen LogP contribution < -0.4 is 10.6 Å². The number of nitrogens with one attached hydrogen (secondary N) is 2. The van der Waals surface area contributed by atoms with E-state index in [-0.39, 0.29) is 12.0 Å². The SMILES string of the molecule is O=C1NC(=NC2CCCCCC2O)NC1=O. The van der Waals surface area contributed by atoms with Crippen molar-refractivity contribution in [2.45, 2.75) is 44.2 Å². The zero-order valence-electron chi connectivity index (χ0n) is 8.90. The van der Waals surface area contributed by atoms with Crippen molar-refractivity contribution in [3.8, 4) is 0 Å². The third kappa shape index (κ3) is 2.38. The average molecular weight is 225 g/mol. The van der Waals surface area contributed by atoms with Crippen LogP contribution in [0.2, 0.25) is 0 Å². The minimum absolute atomic E-state index is 0.168. The molecule has 0 spiro atoms. The lowest BCUT2D eigenvalue weighted by molar-refractivity contribution is -0.135. The van der Waals surface area contributed by atoms with E-state index in [2.05, 4.69) is 15.6 Å². The Balaban J connectivity index is 2.04. The van der Waals surface area contributed by atoms with Crippen molar-refractivity contribution in [1.82, 2.24) is 10.6 Å². The fraction of sp³-hybridized carbons (Fsp3) is 0.700. The van der Waals surface area contributed by atoms with Crippen LogP contribution in [0, 0.1) is 0 Å². The number of rotatable bonds is 1. The van der Waals surface area contributed by atoms with E-state index >= 15 is 0 Å². The van der Waals surface area contributed by atoms with Crippen molar-refractivity contribution < 1.29 is 14.7 Å². The summed E-state index contributed by atoms with van der Waals surface area (Å²) < 4.78 is 0. The number of aliphatic hydroxyl groups excluding tert-OH is 1. The summed E-state index contributed by atoms with van der Waals surface area (Å²) in [6.07, 6.45) is 4.14. The molecular formula is C10H15N3O3. The highest BCUT2D eigenvalue weighted by atomic mass is 16.3. The van der Waals surface area contributed by atoms with Gasteiger partial charge in [-0.2, -0.15) is 0 Å². The van der Waals surface area contributed by atoms with Gasteiger partial charge in [0.1, 0.15) is 0 Å². The van der Waals surface area contributed by atoms with Crippen LogP contribution >= 0.6 is 0 Å². The monoisotopic (exact) mass is 225 g/mol. The summed E-state index contributed by atoms with van der Waals surface area (Å²) in [7, 11) is 0. The molecule has 1 saturated carbocycles.